The third-order valence-corrected chi connectivity index (χ3v) is 15.1. The predicted octanol–water partition coefficient (Wildman–Crippen LogP) is 4.85. The molecule has 48 heavy (non-hydrogen) atoms. The van der Waals surface area contributed by atoms with Crippen LogP contribution in [-0.4, -0.2) is 87.0 Å². The molecule has 0 amide bonds. The van der Waals surface area contributed by atoms with Gasteiger partial charge in [-0.2, -0.15) is 0 Å². The number of allylic oxidation sites excluding steroid dienone is 2. The van der Waals surface area contributed by atoms with E-state index in [4.69, 9.17) is 14.2 Å². The summed E-state index contributed by atoms with van der Waals surface area (Å²) in [6.07, 6.45) is -3.04. The van der Waals surface area contributed by atoms with Gasteiger partial charge in [0.15, 0.2) is 6.29 Å². The van der Waals surface area contributed by atoms with Crippen molar-refractivity contribution >= 4 is 11.9 Å². The van der Waals surface area contributed by atoms with Crippen LogP contribution in [0.3, 0.4) is 0 Å². The summed E-state index contributed by atoms with van der Waals surface area (Å²) in [6.45, 7) is 20.7. The van der Waals surface area contributed by atoms with Gasteiger partial charge in [-0.25, -0.2) is 0 Å². The molecule has 0 aromatic heterocycles. The van der Waals surface area contributed by atoms with E-state index in [0.29, 0.717) is 12.3 Å². The second-order valence-electron chi connectivity index (χ2n) is 18.0. The third kappa shape index (κ3) is 5.42. The SMILES string of the molecule is CC(=O)OC1CC2(C)C3=C(CCC2C(C)(C)C1O[C@@H]1O[C@H](CO)[C@@H](O)[C@H](O)[C@H]1O)C1(C)CCC(C)(C(C)C(C)C)C(C(=O)O)C1(C)CC3. The van der Waals surface area contributed by atoms with Crippen molar-refractivity contribution in [2.24, 2.45) is 50.7 Å². The minimum Gasteiger partial charge on any atom is -0.481 e. The van der Waals surface area contributed by atoms with Crippen LogP contribution in [0.15, 0.2) is 11.1 Å². The van der Waals surface area contributed by atoms with Crippen LogP contribution in [0.5, 0.6) is 0 Å². The highest BCUT2D eigenvalue weighted by Gasteiger charge is 2.68. The van der Waals surface area contributed by atoms with Gasteiger partial charge in [-0.3, -0.25) is 9.59 Å². The Hall–Kier alpha value is -1.56. The molecule has 5 aliphatic rings. The Bertz CT molecular complexity index is 1290. The second kappa shape index (κ2) is 12.6. The lowest BCUT2D eigenvalue weighted by atomic mass is 9.36. The molecule has 274 valence electrons. The molecular formula is C38H62O10. The lowest BCUT2D eigenvalue weighted by molar-refractivity contribution is -0.336. The third-order valence-electron chi connectivity index (χ3n) is 15.1. The van der Waals surface area contributed by atoms with Crippen LogP contribution < -0.4 is 0 Å². The van der Waals surface area contributed by atoms with Crippen molar-refractivity contribution < 1.29 is 49.3 Å². The van der Waals surface area contributed by atoms with Crippen molar-refractivity contribution in [3.63, 3.8) is 0 Å². The summed E-state index contributed by atoms with van der Waals surface area (Å²) in [6, 6.07) is 0. The molecular weight excluding hydrogens is 616 g/mol. The molecule has 2 saturated carbocycles. The number of rotatable bonds is 7. The fraction of sp³-hybridized carbons (Fsp3) is 0.895. The Labute approximate surface area is 286 Å². The highest BCUT2D eigenvalue weighted by atomic mass is 16.7. The number of fused-ring (bicyclic) bond motifs is 4. The first-order chi connectivity index (χ1) is 22.1. The van der Waals surface area contributed by atoms with Crippen LogP contribution >= 0.6 is 0 Å². The molecule has 14 atom stereocenters. The number of carboxylic acids is 1. The van der Waals surface area contributed by atoms with Crippen LogP contribution in [0.1, 0.15) is 114 Å². The number of carbonyl (C=O) groups is 2. The van der Waals surface area contributed by atoms with Crippen molar-refractivity contribution in [2.45, 2.75) is 157 Å². The summed E-state index contributed by atoms with van der Waals surface area (Å²) in [5.74, 6) is -0.892. The fourth-order valence-corrected chi connectivity index (χ4v) is 12.0. The summed E-state index contributed by atoms with van der Waals surface area (Å²) in [7, 11) is 0. The Balaban J connectivity index is 1.55. The molecule has 0 aromatic rings. The zero-order valence-electron chi connectivity index (χ0n) is 30.8. The fourth-order valence-electron chi connectivity index (χ4n) is 12.0. The first-order valence-corrected chi connectivity index (χ1v) is 18.2. The van der Waals surface area contributed by atoms with Crippen molar-refractivity contribution in [2.75, 3.05) is 6.61 Å². The van der Waals surface area contributed by atoms with Gasteiger partial charge in [0.2, 0.25) is 0 Å². The molecule has 10 nitrogen and oxygen atoms in total. The van der Waals surface area contributed by atoms with Gasteiger partial charge in [-0.1, -0.05) is 73.5 Å². The number of aliphatic carboxylic acids is 1. The molecule has 1 saturated heterocycles. The number of esters is 1. The second-order valence-corrected chi connectivity index (χ2v) is 18.0. The number of aliphatic hydroxyl groups excluding tert-OH is 4. The van der Waals surface area contributed by atoms with Gasteiger partial charge in [-0.15, -0.1) is 0 Å². The Morgan fingerprint density at radius 3 is 2.12 bits per heavy atom. The Morgan fingerprint density at radius 2 is 1.56 bits per heavy atom. The number of hydrogen-bond donors (Lipinski definition) is 5. The summed E-state index contributed by atoms with van der Waals surface area (Å²) >= 11 is 0. The molecule has 9 unspecified atom stereocenters. The topological polar surface area (TPSA) is 163 Å². The maximum absolute atomic E-state index is 13.3. The van der Waals surface area contributed by atoms with E-state index < -0.39 is 78.2 Å². The molecule has 1 heterocycles. The van der Waals surface area contributed by atoms with Crippen LogP contribution in [0.2, 0.25) is 0 Å². The van der Waals surface area contributed by atoms with Gasteiger partial charge in [0.1, 0.15) is 36.6 Å². The molecule has 1 aliphatic heterocycles. The van der Waals surface area contributed by atoms with E-state index in [1.54, 1.807) is 0 Å². The zero-order chi connectivity index (χ0) is 35.9. The van der Waals surface area contributed by atoms with Gasteiger partial charge in [0, 0.05) is 6.92 Å². The first-order valence-electron chi connectivity index (χ1n) is 18.2. The molecule has 0 spiro atoms. The Kier molecular flexibility index (Phi) is 9.88. The van der Waals surface area contributed by atoms with E-state index >= 15 is 0 Å². The van der Waals surface area contributed by atoms with Gasteiger partial charge >= 0.3 is 11.9 Å². The van der Waals surface area contributed by atoms with E-state index in [2.05, 4.69) is 62.3 Å². The van der Waals surface area contributed by atoms with Gasteiger partial charge < -0.3 is 39.7 Å². The van der Waals surface area contributed by atoms with Gasteiger partial charge in [0.05, 0.1) is 12.5 Å². The van der Waals surface area contributed by atoms with Crippen LogP contribution in [0.25, 0.3) is 0 Å². The number of carbonyl (C=O) groups excluding carboxylic acids is 1. The maximum atomic E-state index is 13.3. The van der Waals surface area contributed by atoms with Crippen LogP contribution in [0, 0.1) is 50.7 Å². The lowest BCUT2D eigenvalue weighted by Crippen LogP contribution is -2.65. The average molecular weight is 679 g/mol. The first kappa shape index (κ1) is 37.7. The molecule has 5 rings (SSSR count). The van der Waals surface area contributed by atoms with E-state index in [1.165, 1.54) is 18.1 Å². The normalized spacial score (nSPS) is 47.9. The standard InChI is InChI=1S/C38H62O10/c1-19(2)20(3)35(7)15-16-37(9)23-11-12-26-34(5,6)31(48-33-29(43)28(42)27(41)25(18-39)47-33)24(46-21(4)40)17-36(26,8)22(23)13-14-38(37,10)30(35)32(44)45/h19-20,24-31,33,39,41-43H,11-18H2,1-10H3,(H,44,45)/t20?,24?,25-,26?,27-,28+,29-,30?,31?,33+,35?,36?,37?,38?/m1/s1. The van der Waals surface area contributed by atoms with Crippen LogP contribution in [-0.2, 0) is 23.8 Å². The predicted molar refractivity (Wildman–Crippen MR) is 178 cm³/mol. The van der Waals surface area contributed by atoms with Crippen LogP contribution in [0.4, 0.5) is 0 Å². The Morgan fingerprint density at radius 1 is 0.917 bits per heavy atom. The molecule has 0 aromatic carbocycles. The summed E-state index contributed by atoms with van der Waals surface area (Å²) in [5, 5.41) is 52.4. The molecule has 0 radical (unpaired) electrons. The lowest BCUT2D eigenvalue weighted by Gasteiger charge is -2.68. The number of aliphatic hydroxyl groups is 4. The quantitative estimate of drug-likeness (QED) is 0.186. The van der Waals surface area contributed by atoms with E-state index in [-0.39, 0.29) is 28.1 Å². The van der Waals surface area contributed by atoms with Crippen molar-refractivity contribution in [1.82, 2.24) is 0 Å². The van der Waals surface area contributed by atoms with Crippen molar-refractivity contribution in [3.8, 4) is 0 Å². The number of carboxylic acid groups (broad SMARTS) is 1. The minimum absolute atomic E-state index is 0.100. The van der Waals surface area contributed by atoms with Crippen molar-refractivity contribution in [1.29, 1.82) is 0 Å². The molecule has 3 fully saturated rings. The monoisotopic (exact) mass is 678 g/mol. The molecule has 4 aliphatic carbocycles. The molecule has 0 bridgehead atoms. The highest BCUT2D eigenvalue weighted by Crippen LogP contribution is 2.73. The molecule has 5 N–H and O–H groups in total. The minimum atomic E-state index is -1.58. The molecule has 10 heteroatoms. The average Bonchev–Trinajstić information content (AvgIpc) is 2.98. The van der Waals surface area contributed by atoms with Gasteiger partial charge in [-0.05, 0) is 89.8 Å². The van der Waals surface area contributed by atoms with E-state index in [9.17, 15) is 35.1 Å². The van der Waals surface area contributed by atoms with E-state index in [0.717, 1.165) is 38.5 Å². The smallest absolute Gasteiger partial charge is 0.307 e. The summed E-state index contributed by atoms with van der Waals surface area (Å²) < 4.78 is 18.3. The largest absolute Gasteiger partial charge is 0.481 e. The van der Waals surface area contributed by atoms with Crippen molar-refractivity contribution in [3.05, 3.63) is 11.1 Å². The zero-order valence-corrected chi connectivity index (χ0v) is 30.8. The van der Waals surface area contributed by atoms with Gasteiger partial charge in [0.25, 0.3) is 0 Å². The maximum Gasteiger partial charge on any atom is 0.307 e. The van der Waals surface area contributed by atoms with E-state index in [1.807, 2.05) is 0 Å². The number of ether oxygens (including phenoxy) is 3. The number of hydrogen-bond acceptors (Lipinski definition) is 9. The summed E-state index contributed by atoms with van der Waals surface area (Å²) in [5.41, 5.74) is 0.778. The summed E-state index contributed by atoms with van der Waals surface area (Å²) in [4.78, 5) is 25.9. The highest BCUT2D eigenvalue weighted by molar-refractivity contribution is 5.73.